The monoisotopic (exact) mass is 522 g/mol. The number of hydrazone groups is 1. The van der Waals surface area contributed by atoms with E-state index in [-0.39, 0.29) is 12.5 Å². The second kappa shape index (κ2) is 14.3. The van der Waals surface area contributed by atoms with Gasteiger partial charge >= 0.3 is 11.8 Å². The van der Waals surface area contributed by atoms with Crippen molar-refractivity contribution in [3.8, 4) is 11.5 Å². The van der Waals surface area contributed by atoms with Crippen LogP contribution >= 0.6 is 11.6 Å². The quantitative estimate of drug-likeness (QED) is 0.147. The fourth-order valence-corrected chi connectivity index (χ4v) is 3.10. The van der Waals surface area contributed by atoms with E-state index < -0.39 is 11.8 Å². The van der Waals surface area contributed by atoms with Crippen molar-refractivity contribution in [3.05, 3.63) is 83.4 Å². The molecule has 3 aromatic carbocycles. The summed E-state index contributed by atoms with van der Waals surface area (Å²) in [6.07, 6.45) is 3.38. The first-order chi connectivity index (χ1) is 17.9. The van der Waals surface area contributed by atoms with Gasteiger partial charge in [-0.15, -0.1) is 0 Å². The van der Waals surface area contributed by atoms with Gasteiger partial charge in [0, 0.05) is 5.69 Å². The highest BCUT2D eigenvalue weighted by Gasteiger charge is 2.13. The smallest absolute Gasteiger partial charge is 0.329 e. The van der Waals surface area contributed by atoms with Crippen LogP contribution in [0.4, 0.5) is 11.4 Å². The Kier molecular flexibility index (Phi) is 10.5. The van der Waals surface area contributed by atoms with Crippen molar-refractivity contribution in [2.75, 3.05) is 23.8 Å². The minimum atomic E-state index is -0.913. The molecule has 0 fully saturated rings. The van der Waals surface area contributed by atoms with Crippen LogP contribution in [0.3, 0.4) is 0 Å². The maximum absolute atomic E-state index is 12.1. The van der Waals surface area contributed by atoms with Gasteiger partial charge in [0.15, 0.2) is 6.61 Å². The van der Waals surface area contributed by atoms with Crippen LogP contribution in [0.5, 0.6) is 11.5 Å². The summed E-state index contributed by atoms with van der Waals surface area (Å²) < 4.78 is 11.0. The molecule has 0 unspecified atom stereocenters. The average molecular weight is 523 g/mol. The lowest BCUT2D eigenvalue weighted by atomic mass is 10.2. The Hall–Kier alpha value is -4.37. The minimum absolute atomic E-state index is 0.196. The number of rotatable bonds is 11. The van der Waals surface area contributed by atoms with Crippen molar-refractivity contribution >= 4 is 46.9 Å². The Balaban J connectivity index is 1.40. The molecule has 3 N–H and O–H groups in total. The molecule has 0 bridgehead atoms. The molecule has 0 saturated heterocycles. The highest BCUT2D eigenvalue weighted by atomic mass is 35.5. The van der Waals surface area contributed by atoms with E-state index >= 15 is 0 Å². The standard InChI is InChI=1S/C27H27ClN4O5/c1-2-3-16-36-21-14-10-20(11-15-21)30-26(34)27(35)32-29-17-19-8-12-22(13-9-19)37-18-25(33)31-24-7-5-4-6-23(24)28/h4-15,17H,2-3,16,18H2,1H3,(H,30,34)(H,31,33)(H,32,35)/b29-17-. The van der Waals surface area contributed by atoms with E-state index in [1.807, 2.05) is 0 Å². The van der Waals surface area contributed by atoms with Gasteiger partial charge in [-0.3, -0.25) is 14.4 Å². The van der Waals surface area contributed by atoms with Gasteiger partial charge in [0.2, 0.25) is 0 Å². The third kappa shape index (κ3) is 9.30. The maximum atomic E-state index is 12.1. The zero-order chi connectivity index (χ0) is 26.5. The Bertz CT molecular complexity index is 1230. The van der Waals surface area contributed by atoms with E-state index in [0.29, 0.717) is 40.1 Å². The van der Waals surface area contributed by atoms with Gasteiger partial charge in [-0.25, -0.2) is 5.43 Å². The number of carbonyl (C=O) groups is 3. The summed E-state index contributed by atoms with van der Waals surface area (Å²) in [6.45, 7) is 2.51. The lowest BCUT2D eigenvalue weighted by Gasteiger charge is -2.08. The van der Waals surface area contributed by atoms with Crippen molar-refractivity contribution in [3.63, 3.8) is 0 Å². The number of amides is 3. The molecule has 0 spiro atoms. The third-order valence-electron chi connectivity index (χ3n) is 4.86. The van der Waals surface area contributed by atoms with Crippen molar-refractivity contribution < 1.29 is 23.9 Å². The number of anilines is 2. The van der Waals surface area contributed by atoms with Crippen LogP contribution in [0.1, 0.15) is 25.3 Å². The predicted octanol–water partition coefficient (Wildman–Crippen LogP) is 4.63. The van der Waals surface area contributed by atoms with E-state index in [2.05, 4.69) is 28.1 Å². The number of nitrogens with one attached hydrogen (secondary N) is 3. The summed E-state index contributed by atoms with van der Waals surface area (Å²) >= 11 is 6.02. The zero-order valence-electron chi connectivity index (χ0n) is 20.2. The Labute approximate surface area is 219 Å². The van der Waals surface area contributed by atoms with E-state index in [4.69, 9.17) is 21.1 Å². The molecule has 0 atom stereocenters. The number of nitrogens with zero attached hydrogens (tertiary/aromatic N) is 1. The summed E-state index contributed by atoms with van der Waals surface area (Å²) in [6, 6.07) is 20.3. The fourth-order valence-electron chi connectivity index (χ4n) is 2.92. The molecule has 0 aliphatic heterocycles. The second-order valence-corrected chi connectivity index (χ2v) is 8.17. The average Bonchev–Trinajstić information content (AvgIpc) is 2.90. The molecule has 0 heterocycles. The Morgan fingerprint density at radius 3 is 2.24 bits per heavy atom. The van der Waals surface area contributed by atoms with Crippen molar-refractivity contribution in [2.45, 2.75) is 19.8 Å². The summed E-state index contributed by atoms with van der Waals surface area (Å²) in [5.74, 6) is -0.954. The van der Waals surface area contributed by atoms with Gasteiger partial charge in [0.05, 0.1) is 23.5 Å². The molecule has 192 valence electrons. The summed E-state index contributed by atoms with van der Waals surface area (Å²) in [7, 11) is 0. The van der Waals surface area contributed by atoms with Gasteiger partial charge in [-0.1, -0.05) is 37.1 Å². The van der Waals surface area contributed by atoms with Crippen LogP contribution in [0.15, 0.2) is 77.9 Å². The van der Waals surface area contributed by atoms with Crippen molar-refractivity contribution in [1.29, 1.82) is 0 Å². The molecular weight excluding hydrogens is 496 g/mol. The highest BCUT2D eigenvalue weighted by Crippen LogP contribution is 2.20. The molecule has 3 amide bonds. The Morgan fingerprint density at radius 1 is 0.865 bits per heavy atom. The first-order valence-corrected chi connectivity index (χ1v) is 12.0. The van der Waals surface area contributed by atoms with Gasteiger partial charge in [-0.2, -0.15) is 5.10 Å². The molecule has 0 aliphatic rings. The molecule has 0 aliphatic carbocycles. The number of halogens is 1. The van der Waals surface area contributed by atoms with Gasteiger partial charge in [0.25, 0.3) is 5.91 Å². The molecule has 9 nitrogen and oxygen atoms in total. The Morgan fingerprint density at radius 2 is 1.54 bits per heavy atom. The maximum Gasteiger partial charge on any atom is 0.329 e. The number of carbonyl (C=O) groups excluding carboxylic acids is 3. The zero-order valence-corrected chi connectivity index (χ0v) is 21.0. The summed E-state index contributed by atoms with van der Waals surface area (Å²) in [5, 5.41) is 9.40. The minimum Gasteiger partial charge on any atom is -0.494 e. The summed E-state index contributed by atoms with van der Waals surface area (Å²) in [4.78, 5) is 36.1. The first-order valence-electron chi connectivity index (χ1n) is 11.6. The molecule has 3 rings (SSSR count). The molecular formula is C27H27ClN4O5. The first kappa shape index (κ1) is 27.2. The van der Waals surface area contributed by atoms with Crippen LogP contribution in [0.2, 0.25) is 5.02 Å². The number of hydrogen-bond acceptors (Lipinski definition) is 6. The van der Waals surface area contributed by atoms with Gasteiger partial charge in [0.1, 0.15) is 11.5 Å². The topological polar surface area (TPSA) is 118 Å². The van der Waals surface area contributed by atoms with Gasteiger partial charge < -0.3 is 20.1 Å². The van der Waals surface area contributed by atoms with Crippen LogP contribution in [0.25, 0.3) is 0 Å². The van der Waals surface area contributed by atoms with E-state index in [1.165, 1.54) is 6.21 Å². The van der Waals surface area contributed by atoms with Crippen LogP contribution < -0.4 is 25.5 Å². The lowest BCUT2D eigenvalue weighted by molar-refractivity contribution is -0.136. The summed E-state index contributed by atoms with van der Waals surface area (Å²) in [5.41, 5.74) is 3.79. The van der Waals surface area contributed by atoms with E-state index in [9.17, 15) is 14.4 Å². The largest absolute Gasteiger partial charge is 0.494 e. The highest BCUT2D eigenvalue weighted by molar-refractivity contribution is 6.39. The third-order valence-corrected chi connectivity index (χ3v) is 5.19. The van der Waals surface area contributed by atoms with Crippen molar-refractivity contribution in [2.24, 2.45) is 5.10 Å². The molecule has 3 aromatic rings. The number of para-hydroxylation sites is 1. The number of ether oxygens (including phenoxy) is 2. The van der Waals surface area contributed by atoms with Gasteiger partial charge in [-0.05, 0) is 72.6 Å². The van der Waals surface area contributed by atoms with Crippen LogP contribution in [0, 0.1) is 0 Å². The van der Waals surface area contributed by atoms with E-state index in [1.54, 1.807) is 72.8 Å². The van der Waals surface area contributed by atoms with Crippen LogP contribution in [-0.4, -0.2) is 37.1 Å². The molecule has 0 aromatic heterocycles. The molecule has 0 radical (unpaired) electrons. The fraction of sp³-hybridized carbons (Fsp3) is 0.185. The van der Waals surface area contributed by atoms with Crippen molar-refractivity contribution in [1.82, 2.24) is 5.43 Å². The molecule has 10 heteroatoms. The number of benzene rings is 3. The van der Waals surface area contributed by atoms with E-state index in [0.717, 1.165) is 12.8 Å². The second-order valence-electron chi connectivity index (χ2n) is 7.77. The molecule has 0 saturated carbocycles. The normalized spacial score (nSPS) is 10.5. The van der Waals surface area contributed by atoms with Crippen LogP contribution in [-0.2, 0) is 14.4 Å². The number of unbranched alkanes of at least 4 members (excludes halogenated alkanes) is 1. The lowest BCUT2D eigenvalue weighted by Crippen LogP contribution is -2.32. The number of hydrogen-bond donors (Lipinski definition) is 3. The molecule has 37 heavy (non-hydrogen) atoms. The predicted molar refractivity (Wildman–Crippen MR) is 143 cm³/mol. The SMILES string of the molecule is CCCCOc1ccc(NC(=O)C(=O)N/N=C\c2ccc(OCC(=O)Nc3ccccc3Cl)cc2)cc1.